The van der Waals surface area contributed by atoms with Gasteiger partial charge in [-0.1, -0.05) is 12.1 Å². The SMILES string of the molecule is CN(C)c1ccc(C(O)CNC(C)(C)C)cc1. The number of anilines is 1. The van der Waals surface area contributed by atoms with Crippen LogP contribution in [0.2, 0.25) is 0 Å². The van der Waals surface area contributed by atoms with Crippen LogP contribution in [0.1, 0.15) is 32.4 Å². The summed E-state index contributed by atoms with van der Waals surface area (Å²) in [6.07, 6.45) is -0.453. The Kier molecular flexibility index (Phi) is 4.54. The normalized spacial score (nSPS) is 13.5. The van der Waals surface area contributed by atoms with Crippen LogP contribution in [-0.4, -0.2) is 31.3 Å². The molecule has 0 saturated heterocycles. The number of aliphatic hydroxyl groups excluding tert-OH is 1. The van der Waals surface area contributed by atoms with Crippen LogP contribution in [0.5, 0.6) is 0 Å². The Bertz CT molecular complexity index is 338. The van der Waals surface area contributed by atoms with Gasteiger partial charge in [0.15, 0.2) is 0 Å². The molecule has 17 heavy (non-hydrogen) atoms. The van der Waals surface area contributed by atoms with Gasteiger partial charge in [-0.25, -0.2) is 0 Å². The molecule has 1 aromatic carbocycles. The summed E-state index contributed by atoms with van der Waals surface area (Å²) in [5, 5.41) is 13.3. The summed E-state index contributed by atoms with van der Waals surface area (Å²) in [5.41, 5.74) is 2.13. The molecule has 3 nitrogen and oxygen atoms in total. The van der Waals surface area contributed by atoms with Crippen molar-refractivity contribution in [2.75, 3.05) is 25.5 Å². The third-order valence-corrected chi connectivity index (χ3v) is 2.62. The van der Waals surface area contributed by atoms with Crippen molar-refractivity contribution in [3.63, 3.8) is 0 Å². The first-order valence-electron chi connectivity index (χ1n) is 6.00. The van der Waals surface area contributed by atoms with Crippen molar-refractivity contribution < 1.29 is 5.11 Å². The van der Waals surface area contributed by atoms with Crippen molar-refractivity contribution in [1.29, 1.82) is 0 Å². The molecule has 0 heterocycles. The first kappa shape index (κ1) is 14.0. The number of benzene rings is 1. The van der Waals surface area contributed by atoms with Gasteiger partial charge in [0.1, 0.15) is 0 Å². The van der Waals surface area contributed by atoms with Crippen molar-refractivity contribution >= 4 is 5.69 Å². The van der Waals surface area contributed by atoms with E-state index in [2.05, 4.69) is 26.1 Å². The molecule has 0 bridgehead atoms. The number of hydrogen-bond donors (Lipinski definition) is 2. The zero-order valence-electron chi connectivity index (χ0n) is 11.5. The summed E-state index contributed by atoms with van der Waals surface area (Å²) < 4.78 is 0. The Balaban J connectivity index is 2.60. The van der Waals surface area contributed by atoms with Crippen molar-refractivity contribution in [3.05, 3.63) is 29.8 Å². The molecule has 2 N–H and O–H groups in total. The summed E-state index contributed by atoms with van der Waals surface area (Å²) in [5.74, 6) is 0. The summed E-state index contributed by atoms with van der Waals surface area (Å²) in [6, 6.07) is 8.00. The van der Waals surface area contributed by atoms with Crippen LogP contribution in [0.4, 0.5) is 5.69 Å². The van der Waals surface area contributed by atoms with E-state index in [9.17, 15) is 5.11 Å². The number of rotatable bonds is 4. The fraction of sp³-hybridized carbons (Fsp3) is 0.571. The van der Waals surface area contributed by atoms with Crippen molar-refractivity contribution in [2.24, 2.45) is 0 Å². The van der Waals surface area contributed by atoms with Gasteiger partial charge < -0.3 is 15.3 Å². The molecule has 0 radical (unpaired) electrons. The number of nitrogens with one attached hydrogen (secondary N) is 1. The highest BCUT2D eigenvalue weighted by atomic mass is 16.3. The topological polar surface area (TPSA) is 35.5 Å². The summed E-state index contributed by atoms with van der Waals surface area (Å²) in [7, 11) is 4.01. The van der Waals surface area contributed by atoms with E-state index in [0.29, 0.717) is 6.54 Å². The molecule has 96 valence electrons. The standard InChI is InChI=1S/C14H24N2O/c1-14(2,3)15-10-13(17)11-6-8-12(9-7-11)16(4)5/h6-9,13,15,17H,10H2,1-5H3. The lowest BCUT2D eigenvalue weighted by Gasteiger charge is -2.23. The average Bonchev–Trinajstić information content (AvgIpc) is 2.25. The Hall–Kier alpha value is -1.06. The summed E-state index contributed by atoms with van der Waals surface area (Å²) in [4.78, 5) is 2.05. The highest BCUT2D eigenvalue weighted by Gasteiger charge is 2.13. The number of aliphatic hydroxyl groups is 1. The highest BCUT2D eigenvalue weighted by Crippen LogP contribution is 2.17. The molecule has 0 saturated carbocycles. The smallest absolute Gasteiger partial charge is 0.0914 e. The average molecular weight is 236 g/mol. The van der Waals surface area contributed by atoms with E-state index in [-0.39, 0.29) is 5.54 Å². The molecule has 1 unspecified atom stereocenters. The molecule has 0 fully saturated rings. The van der Waals surface area contributed by atoms with Gasteiger partial charge in [0.05, 0.1) is 6.10 Å². The quantitative estimate of drug-likeness (QED) is 0.841. The molecule has 0 spiro atoms. The molecule has 1 rings (SSSR count). The van der Waals surface area contributed by atoms with Crippen molar-refractivity contribution in [2.45, 2.75) is 32.4 Å². The van der Waals surface area contributed by atoms with Crippen LogP contribution in [0.15, 0.2) is 24.3 Å². The van der Waals surface area contributed by atoms with Crippen molar-refractivity contribution in [3.8, 4) is 0 Å². The Morgan fingerprint density at radius 3 is 2.12 bits per heavy atom. The van der Waals surface area contributed by atoms with E-state index in [1.807, 2.05) is 43.3 Å². The third kappa shape index (κ3) is 4.75. The molecule has 0 aliphatic heterocycles. The first-order chi connectivity index (χ1) is 7.79. The zero-order chi connectivity index (χ0) is 13.1. The molecular formula is C14H24N2O. The minimum Gasteiger partial charge on any atom is -0.387 e. The van der Waals surface area contributed by atoms with Gasteiger partial charge >= 0.3 is 0 Å². The minimum atomic E-state index is -0.453. The van der Waals surface area contributed by atoms with E-state index in [1.165, 1.54) is 0 Å². The van der Waals surface area contributed by atoms with Crippen molar-refractivity contribution in [1.82, 2.24) is 5.32 Å². The van der Waals surface area contributed by atoms with Gasteiger partial charge in [0, 0.05) is 31.9 Å². The Morgan fingerprint density at radius 1 is 1.18 bits per heavy atom. The molecule has 0 amide bonds. The number of hydrogen-bond acceptors (Lipinski definition) is 3. The maximum atomic E-state index is 10.0. The van der Waals surface area contributed by atoms with Crippen LogP contribution >= 0.6 is 0 Å². The van der Waals surface area contributed by atoms with Gasteiger partial charge in [0.25, 0.3) is 0 Å². The second kappa shape index (κ2) is 5.52. The number of β-amino-alcohol motifs (C(OH)–C–C–N with tert-alkyl or cyclic N) is 1. The summed E-state index contributed by atoms with van der Waals surface area (Å²) in [6.45, 7) is 6.85. The number of nitrogens with zero attached hydrogens (tertiary/aromatic N) is 1. The minimum absolute atomic E-state index is 0.0323. The predicted molar refractivity (Wildman–Crippen MR) is 73.5 cm³/mol. The molecular weight excluding hydrogens is 212 g/mol. The fourth-order valence-corrected chi connectivity index (χ4v) is 1.52. The fourth-order valence-electron chi connectivity index (χ4n) is 1.52. The van der Waals surface area contributed by atoms with E-state index in [0.717, 1.165) is 11.3 Å². The van der Waals surface area contributed by atoms with Crippen LogP contribution in [0.25, 0.3) is 0 Å². The van der Waals surface area contributed by atoms with Gasteiger partial charge in [-0.15, -0.1) is 0 Å². The lowest BCUT2D eigenvalue weighted by atomic mass is 10.1. The second-order valence-corrected chi connectivity index (χ2v) is 5.63. The maximum absolute atomic E-state index is 10.0. The highest BCUT2D eigenvalue weighted by molar-refractivity contribution is 5.46. The Morgan fingerprint density at radius 2 is 1.71 bits per heavy atom. The second-order valence-electron chi connectivity index (χ2n) is 5.63. The third-order valence-electron chi connectivity index (χ3n) is 2.62. The van der Waals surface area contributed by atoms with Crippen LogP contribution in [-0.2, 0) is 0 Å². The van der Waals surface area contributed by atoms with Gasteiger partial charge in [-0.05, 0) is 38.5 Å². The van der Waals surface area contributed by atoms with E-state index in [4.69, 9.17) is 0 Å². The lowest BCUT2D eigenvalue weighted by molar-refractivity contribution is 0.163. The molecule has 1 aromatic rings. The summed E-state index contributed by atoms with van der Waals surface area (Å²) >= 11 is 0. The van der Waals surface area contributed by atoms with E-state index < -0.39 is 6.10 Å². The largest absolute Gasteiger partial charge is 0.387 e. The molecule has 0 aromatic heterocycles. The maximum Gasteiger partial charge on any atom is 0.0914 e. The van der Waals surface area contributed by atoms with Gasteiger partial charge in [0.2, 0.25) is 0 Å². The Labute approximate surface area is 104 Å². The predicted octanol–water partition coefficient (Wildman–Crippen LogP) is 2.17. The lowest BCUT2D eigenvalue weighted by Crippen LogP contribution is -2.38. The molecule has 1 atom stereocenters. The van der Waals surface area contributed by atoms with Crippen LogP contribution < -0.4 is 10.2 Å². The van der Waals surface area contributed by atoms with Crippen LogP contribution in [0, 0.1) is 0 Å². The zero-order valence-corrected chi connectivity index (χ0v) is 11.5. The van der Waals surface area contributed by atoms with Gasteiger partial charge in [-0.3, -0.25) is 0 Å². The molecule has 0 aliphatic carbocycles. The van der Waals surface area contributed by atoms with E-state index in [1.54, 1.807) is 0 Å². The van der Waals surface area contributed by atoms with Crippen LogP contribution in [0.3, 0.4) is 0 Å². The van der Waals surface area contributed by atoms with E-state index >= 15 is 0 Å². The molecule has 0 aliphatic rings. The monoisotopic (exact) mass is 236 g/mol. The van der Waals surface area contributed by atoms with Gasteiger partial charge in [-0.2, -0.15) is 0 Å². The molecule has 3 heteroatoms. The first-order valence-corrected chi connectivity index (χ1v) is 6.00.